The molecular weight excluding hydrogens is 230 g/mol. The van der Waals surface area contributed by atoms with Crippen molar-refractivity contribution in [2.75, 3.05) is 5.73 Å². The van der Waals surface area contributed by atoms with Crippen LogP contribution in [0.5, 0.6) is 5.75 Å². The molecule has 0 aliphatic heterocycles. The van der Waals surface area contributed by atoms with Crippen molar-refractivity contribution >= 4 is 28.6 Å². The third kappa shape index (κ3) is 2.43. The molecule has 0 fully saturated rings. The highest BCUT2D eigenvalue weighted by molar-refractivity contribution is 7.16. The quantitative estimate of drug-likeness (QED) is 0.624. The highest BCUT2D eigenvalue weighted by Gasteiger charge is 2.04. The SMILES string of the molecule is Nc1ccc(O)cc1Cc1ccc(Cl)s1. The molecular formula is C11H10ClNOS. The highest BCUT2D eigenvalue weighted by atomic mass is 35.5. The van der Waals surface area contributed by atoms with Crippen LogP contribution in [0.2, 0.25) is 4.34 Å². The Hall–Kier alpha value is -1.19. The fraction of sp³-hybridized carbons (Fsp3) is 0.0909. The van der Waals surface area contributed by atoms with E-state index < -0.39 is 0 Å². The first-order chi connectivity index (χ1) is 7.15. The lowest BCUT2D eigenvalue weighted by molar-refractivity contribution is 0.475. The lowest BCUT2D eigenvalue weighted by Gasteiger charge is -2.04. The van der Waals surface area contributed by atoms with Crippen molar-refractivity contribution in [1.29, 1.82) is 0 Å². The molecule has 1 heterocycles. The van der Waals surface area contributed by atoms with Crippen molar-refractivity contribution in [1.82, 2.24) is 0 Å². The highest BCUT2D eigenvalue weighted by Crippen LogP contribution is 2.27. The van der Waals surface area contributed by atoms with Gasteiger partial charge in [-0.3, -0.25) is 0 Å². The number of hydrogen-bond acceptors (Lipinski definition) is 3. The Balaban J connectivity index is 2.27. The molecule has 0 aliphatic carbocycles. The van der Waals surface area contributed by atoms with E-state index >= 15 is 0 Å². The predicted molar refractivity (Wildman–Crippen MR) is 64.7 cm³/mol. The lowest BCUT2D eigenvalue weighted by Crippen LogP contribution is -1.93. The summed E-state index contributed by atoms with van der Waals surface area (Å²) in [4.78, 5) is 1.14. The molecule has 0 radical (unpaired) electrons. The first-order valence-corrected chi connectivity index (χ1v) is 5.66. The first kappa shape index (κ1) is 10.3. The van der Waals surface area contributed by atoms with E-state index in [0.29, 0.717) is 12.1 Å². The Kier molecular flexibility index (Phi) is 2.84. The number of benzene rings is 1. The van der Waals surface area contributed by atoms with Crippen molar-refractivity contribution < 1.29 is 5.11 Å². The maximum atomic E-state index is 9.34. The summed E-state index contributed by atoms with van der Waals surface area (Å²) in [5.74, 6) is 0.238. The summed E-state index contributed by atoms with van der Waals surface area (Å²) in [6, 6.07) is 8.81. The van der Waals surface area contributed by atoms with Gasteiger partial charge >= 0.3 is 0 Å². The summed E-state index contributed by atoms with van der Waals surface area (Å²) in [6.45, 7) is 0. The van der Waals surface area contributed by atoms with Crippen LogP contribution in [-0.2, 0) is 6.42 Å². The molecule has 0 amide bonds. The number of phenolic OH excluding ortho intramolecular Hbond substituents is 1. The van der Waals surface area contributed by atoms with Gasteiger partial charge in [0, 0.05) is 17.0 Å². The van der Waals surface area contributed by atoms with Gasteiger partial charge in [-0.15, -0.1) is 11.3 Å². The number of aromatic hydroxyl groups is 1. The molecule has 0 bridgehead atoms. The standard InChI is InChI=1S/C11H10ClNOS/c12-11-4-2-9(15-11)6-7-5-8(14)1-3-10(7)13/h1-5,14H,6,13H2. The molecule has 0 spiro atoms. The molecule has 1 aromatic heterocycles. The summed E-state index contributed by atoms with van der Waals surface area (Å²) in [5.41, 5.74) is 7.42. The summed E-state index contributed by atoms with van der Waals surface area (Å²) in [5, 5.41) is 9.34. The van der Waals surface area contributed by atoms with Gasteiger partial charge in [0.05, 0.1) is 4.34 Å². The van der Waals surface area contributed by atoms with E-state index in [0.717, 1.165) is 14.8 Å². The average molecular weight is 240 g/mol. The van der Waals surface area contributed by atoms with Gasteiger partial charge in [0.15, 0.2) is 0 Å². The molecule has 15 heavy (non-hydrogen) atoms. The van der Waals surface area contributed by atoms with Crippen molar-refractivity contribution in [2.45, 2.75) is 6.42 Å². The number of nitrogens with two attached hydrogens (primary N) is 1. The van der Waals surface area contributed by atoms with E-state index in [4.69, 9.17) is 17.3 Å². The molecule has 2 rings (SSSR count). The van der Waals surface area contributed by atoms with Gasteiger partial charge < -0.3 is 10.8 Å². The second-order valence-corrected chi connectivity index (χ2v) is 5.07. The Bertz CT molecular complexity index is 481. The zero-order chi connectivity index (χ0) is 10.8. The fourth-order valence-electron chi connectivity index (χ4n) is 1.38. The molecule has 0 unspecified atom stereocenters. The number of phenols is 1. The number of rotatable bonds is 2. The van der Waals surface area contributed by atoms with Crippen LogP contribution in [0.25, 0.3) is 0 Å². The first-order valence-electron chi connectivity index (χ1n) is 4.47. The van der Waals surface area contributed by atoms with E-state index in [1.807, 2.05) is 12.1 Å². The number of thiophene rings is 1. The molecule has 0 saturated heterocycles. The Morgan fingerprint density at radius 1 is 1.27 bits per heavy atom. The summed E-state index contributed by atoms with van der Waals surface area (Å²) < 4.78 is 0.767. The third-order valence-electron chi connectivity index (χ3n) is 2.12. The fourth-order valence-corrected chi connectivity index (χ4v) is 2.49. The molecule has 2 nitrogen and oxygen atoms in total. The minimum Gasteiger partial charge on any atom is -0.508 e. The van der Waals surface area contributed by atoms with Crippen molar-refractivity contribution in [3.8, 4) is 5.75 Å². The van der Waals surface area contributed by atoms with E-state index in [-0.39, 0.29) is 5.75 Å². The number of anilines is 1. The van der Waals surface area contributed by atoms with Crippen LogP contribution < -0.4 is 5.73 Å². The molecule has 3 N–H and O–H groups in total. The van der Waals surface area contributed by atoms with Crippen LogP contribution in [0.1, 0.15) is 10.4 Å². The minimum atomic E-state index is 0.238. The zero-order valence-corrected chi connectivity index (χ0v) is 9.48. The summed E-state index contributed by atoms with van der Waals surface area (Å²) in [7, 11) is 0. The molecule has 4 heteroatoms. The number of halogens is 1. The van der Waals surface area contributed by atoms with Gasteiger partial charge in [0.25, 0.3) is 0 Å². The van der Waals surface area contributed by atoms with Crippen molar-refractivity contribution in [2.24, 2.45) is 0 Å². The van der Waals surface area contributed by atoms with Gasteiger partial charge in [-0.2, -0.15) is 0 Å². The van der Waals surface area contributed by atoms with Gasteiger partial charge in [-0.1, -0.05) is 11.6 Å². The molecule has 78 valence electrons. The average Bonchev–Trinajstić information content (AvgIpc) is 2.58. The minimum absolute atomic E-state index is 0.238. The van der Waals surface area contributed by atoms with Crippen molar-refractivity contribution in [3.05, 3.63) is 45.1 Å². The van der Waals surface area contributed by atoms with Crippen LogP contribution in [0.15, 0.2) is 30.3 Å². The third-order valence-corrected chi connectivity index (χ3v) is 3.35. The van der Waals surface area contributed by atoms with E-state index in [2.05, 4.69) is 0 Å². The lowest BCUT2D eigenvalue weighted by atomic mass is 10.1. The van der Waals surface area contributed by atoms with Gasteiger partial charge in [-0.25, -0.2) is 0 Å². The smallest absolute Gasteiger partial charge is 0.116 e. The van der Waals surface area contributed by atoms with Crippen LogP contribution in [0.3, 0.4) is 0 Å². The Morgan fingerprint density at radius 2 is 2.07 bits per heavy atom. The van der Waals surface area contributed by atoms with Crippen LogP contribution in [0, 0.1) is 0 Å². The van der Waals surface area contributed by atoms with Gasteiger partial charge in [0.1, 0.15) is 5.75 Å². The Labute approximate surface area is 96.9 Å². The van der Waals surface area contributed by atoms with E-state index in [9.17, 15) is 5.11 Å². The molecule has 1 aromatic carbocycles. The number of nitrogen functional groups attached to an aromatic ring is 1. The largest absolute Gasteiger partial charge is 0.508 e. The van der Waals surface area contributed by atoms with Crippen LogP contribution in [-0.4, -0.2) is 5.11 Å². The number of hydrogen-bond donors (Lipinski definition) is 2. The monoisotopic (exact) mass is 239 g/mol. The molecule has 0 saturated carbocycles. The molecule has 0 aliphatic rings. The summed E-state index contributed by atoms with van der Waals surface area (Å²) >= 11 is 7.36. The van der Waals surface area contributed by atoms with Gasteiger partial charge in [-0.05, 0) is 35.9 Å². The Morgan fingerprint density at radius 3 is 2.73 bits per heavy atom. The van der Waals surface area contributed by atoms with Crippen LogP contribution in [0.4, 0.5) is 5.69 Å². The summed E-state index contributed by atoms with van der Waals surface area (Å²) in [6.07, 6.45) is 0.706. The maximum Gasteiger partial charge on any atom is 0.116 e. The molecule has 0 atom stereocenters. The zero-order valence-electron chi connectivity index (χ0n) is 7.90. The van der Waals surface area contributed by atoms with Crippen molar-refractivity contribution in [3.63, 3.8) is 0 Å². The topological polar surface area (TPSA) is 46.2 Å². The van der Waals surface area contributed by atoms with Gasteiger partial charge in [0.2, 0.25) is 0 Å². The predicted octanol–water partition coefficient (Wildman–Crippen LogP) is 3.28. The van der Waals surface area contributed by atoms with E-state index in [1.54, 1.807) is 18.2 Å². The second-order valence-electron chi connectivity index (χ2n) is 3.27. The van der Waals surface area contributed by atoms with E-state index in [1.165, 1.54) is 11.3 Å². The second kappa shape index (κ2) is 4.13. The normalized spacial score (nSPS) is 10.5. The molecule has 2 aromatic rings. The van der Waals surface area contributed by atoms with Crippen LogP contribution >= 0.6 is 22.9 Å². The maximum absolute atomic E-state index is 9.34.